The molecule has 1 heterocycles. The lowest BCUT2D eigenvalue weighted by atomic mass is 10.1. The summed E-state index contributed by atoms with van der Waals surface area (Å²) in [4.78, 5) is 13.6. The molecule has 0 aliphatic rings. The number of benzene rings is 1. The third-order valence-electron chi connectivity index (χ3n) is 2.85. The van der Waals surface area contributed by atoms with Gasteiger partial charge in [0.05, 0.1) is 5.52 Å². The zero-order chi connectivity index (χ0) is 12.3. The van der Waals surface area contributed by atoms with Crippen LogP contribution in [0, 0.1) is 5.92 Å². The monoisotopic (exact) mass is 236 g/mol. The second-order valence-corrected chi connectivity index (χ2v) is 4.06. The van der Waals surface area contributed by atoms with Crippen molar-refractivity contribution in [3.63, 3.8) is 0 Å². The molecule has 1 atom stereocenters. The van der Waals surface area contributed by atoms with Gasteiger partial charge in [0.25, 0.3) is 0 Å². The largest absolute Gasteiger partial charge is 0.417 e. The number of aliphatic hydroxyl groups excluding tert-OH is 1. The Morgan fingerprint density at radius 2 is 2.35 bits per heavy atom. The van der Waals surface area contributed by atoms with E-state index >= 15 is 0 Å². The predicted molar refractivity (Wildman–Crippen MR) is 66.2 cm³/mol. The van der Waals surface area contributed by atoms with E-state index in [9.17, 15) is 4.79 Å². The Hall–Kier alpha value is -1.75. The lowest BCUT2D eigenvalue weighted by Crippen LogP contribution is -2.16. The fourth-order valence-corrected chi connectivity index (χ4v) is 1.66. The van der Waals surface area contributed by atoms with Gasteiger partial charge in [-0.1, -0.05) is 6.92 Å². The molecule has 2 rings (SSSR count). The van der Waals surface area contributed by atoms with Crippen molar-refractivity contribution in [2.45, 2.75) is 13.3 Å². The summed E-state index contributed by atoms with van der Waals surface area (Å²) in [5.41, 5.74) is 2.11. The van der Waals surface area contributed by atoms with Crippen LogP contribution in [-0.2, 0) is 0 Å². The molecule has 0 spiro atoms. The molecule has 5 nitrogen and oxygen atoms in total. The lowest BCUT2D eigenvalue weighted by Gasteiger charge is -2.13. The number of rotatable bonds is 5. The topological polar surface area (TPSA) is 78.3 Å². The molecule has 0 radical (unpaired) electrons. The van der Waals surface area contributed by atoms with Gasteiger partial charge in [-0.3, -0.25) is 4.98 Å². The first-order valence-corrected chi connectivity index (χ1v) is 5.70. The summed E-state index contributed by atoms with van der Waals surface area (Å²) in [6.07, 6.45) is 0.922. The van der Waals surface area contributed by atoms with Gasteiger partial charge in [0.1, 0.15) is 0 Å². The van der Waals surface area contributed by atoms with Crippen LogP contribution < -0.4 is 11.1 Å². The number of oxazole rings is 1. The van der Waals surface area contributed by atoms with Gasteiger partial charge in [-0.2, -0.15) is 0 Å². The van der Waals surface area contributed by atoms with Gasteiger partial charge in [0.2, 0.25) is 0 Å². The van der Waals surface area contributed by atoms with E-state index in [1.165, 1.54) is 0 Å². The average molecular weight is 236 g/mol. The predicted octanol–water partition coefficient (Wildman–Crippen LogP) is 1.55. The van der Waals surface area contributed by atoms with Crippen molar-refractivity contribution < 1.29 is 9.52 Å². The number of aromatic nitrogens is 1. The van der Waals surface area contributed by atoms with Gasteiger partial charge in [-0.15, -0.1) is 0 Å². The van der Waals surface area contributed by atoms with Crippen molar-refractivity contribution >= 4 is 16.8 Å². The van der Waals surface area contributed by atoms with E-state index in [0.29, 0.717) is 17.6 Å². The highest BCUT2D eigenvalue weighted by molar-refractivity contribution is 5.76. The number of anilines is 1. The lowest BCUT2D eigenvalue weighted by molar-refractivity contribution is 0.230. The van der Waals surface area contributed by atoms with E-state index in [1.807, 2.05) is 13.0 Å². The van der Waals surface area contributed by atoms with Crippen LogP contribution in [0.2, 0.25) is 0 Å². The van der Waals surface area contributed by atoms with Gasteiger partial charge in [-0.05, 0) is 24.5 Å². The van der Waals surface area contributed by atoms with Crippen molar-refractivity contribution in [3.8, 4) is 0 Å². The van der Waals surface area contributed by atoms with E-state index in [0.717, 1.165) is 12.1 Å². The highest BCUT2D eigenvalue weighted by Gasteiger charge is 2.05. The summed E-state index contributed by atoms with van der Waals surface area (Å²) in [6, 6.07) is 5.44. The summed E-state index contributed by atoms with van der Waals surface area (Å²) in [7, 11) is 0. The summed E-state index contributed by atoms with van der Waals surface area (Å²) in [5.74, 6) is -0.206. The second-order valence-electron chi connectivity index (χ2n) is 4.06. The number of hydrogen-bond acceptors (Lipinski definition) is 4. The first-order valence-electron chi connectivity index (χ1n) is 5.70. The minimum atomic E-state index is -0.445. The summed E-state index contributed by atoms with van der Waals surface area (Å²) in [5, 5.41) is 12.3. The van der Waals surface area contributed by atoms with Gasteiger partial charge in [0.15, 0.2) is 5.58 Å². The number of nitrogens with one attached hydrogen (secondary N) is 2. The fraction of sp³-hybridized carbons (Fsp3) is 0.417. The van der Waals surface area contributed by atoms with E-state index in [-0.39, 0.29) is 12.5 Å². The maximum atomic E-state index is 11.0. The molecule has 0 fully saturated rings. The summed E-state index contributed by atoms with van der Waals surface area (Å²) < 4.78 is 4.97. The van der Waals surface area contributed by atoms with Gasteiger partial charge < -0.3 is 14.8 Å². The molecule has 0 bridgehead atoms. The van der Waals surface area contributed by atoms with Crippen LogP contribution in [0.4, 0.5) is 5.69 Å². The Bertz CT molecular complexity index is 540. The van der Waals surface area contributed by atoms with Crippen LogP contribution in [0.25, 0.3) is 11.1 Å². The van der Waals surface area contributed by atoms with Crippen LogP contribution in [0.3, 0.4) is 0 Å². The smallest absolute Gasteiger partial charge is 0.408 e. The van der Waals surface area contributed by atoms with Crippen LogP contribution >= 0.6 is 0 Å². The molecule has 1 aromatic heterocycles. The molecule has 3 N–H and O–H groups in total. The first kappa shape index (κ1) is 11.7. The Balaban J connectivity index is 2.11. The summed E-state index contributed by atoms with van der Waals surface area (Å²) >= 11 is 0. The van der Waals surface area contributed by atoms with Crippen molar-refractivity contribution in [2.75, 3.05) is 18.5 Å². The molecule has 5 heteroatoms. The molecule has 0 amide bonds. The molecule has 0 saturated heterocycles. The van der Waals surface area contributed by atoms with Crippen LogP contribution in [0.5, 0.6) is 0 Å². The molecule has 1 aromatic carbocycles. The molecule has 17 heavy (non-hydrogen) atoms. The zero-order valence-corrected chi connectivity index (χ0v) is 9.69. The van der Waals surface area contributed by atoms with Crippen molar-refractivity contribution in [3.05, 3.63) is 28.7 Å². The minimum Gasteiger partial charge on any atom is -0.408 e. The van der Waals surface area contributed by atoms with E-state index < -0.39 is 5.76 Å². The Morgan fingerprint density at radius 3 is 3.06 bits per heavy atom. The van der Waals surface area contributed by atoms with Crippen LogP contribution in [0.1, 0.15) is 13.3 Å². The standard InChI is InChI=1S/C12H16N2O3/c1-2-8(7-15)6-13-9-3-4-10-11(5-9)17-12(16)14-10/h3-5,8,13,15H,2,6-7H2,1H3,(H,14,16). The molecular formula is C12H16N2O3. The highest BCUT2D eigenvalue weighted by atomic mass is 16.4. The molecular weight excluding hydrogens is 220 g/mol. The van der Waals surface area contributed by atoms with E-state index in [4.69, 9.17) is 9.52 Å². The molecule has 0 aliphatic heterocycles. The van der Waals surface area contributed by atoms with Crippen molar-refractivity contribution in [2.24, 2.45) is 5.92 Å². The molecule has 0 aliphatic carbocycles. The van der Waals surface area contributed by atoms with E-state index in [2.05, 4.69) is 10.3 Å². The molecule has 92 valence electrons. The number of aromatic amines is 1. The normalized spacial score (nSPS) is 12.8. The number of fused-ring (bicyclic) bond motifs is 1. The first-order chi connectivity index (χ1) is 8.22. The fourth-order valence-electron chi connectivity index (χ4n) is 1.66. The maximum Gasteiger partial charge on any atom is 0.417 e. The Morgan fingerprint density at radius 1 is 1.53 bits per heavy atom. The van der Waals surface area contributed by atoms with Crippen molar-refractivity contribution in [1.29, 1.82) is 0 Å². The maximum absolute atomic E-state index is 11.0. The Kier molecular flexibility index (Phi) is 3.49. The number of aliphatic hydroxyl groups is 1. The van der Waals surface area contributed by atoms with Gasteiger partial charge in [0, 0.05) is 24.9 Å². The second kappa shape index (κ2) is 5.05. The van der Waals surface area contributed by atoms with Gasteiger partial charge >= 0.3 is 5.76 Å². The Labute approximate surface area is 98.5 Å². The molecule has 0 saturated carbocycles. The van der Waals surface area contributed by atoms with Crippen LogP contribution in [0.15, 0.2) is 27.4 Å². The number of H-pyrrole nitrogens is 1. The number of hydrogen-bond donors (Lipinski definition) is 3. The minimum absolute atomic E-state index is 0.172. The third-order valence-corrected chi connectivity index (χ3v) is 2.85. The zero-order valence-electron chi connectivity index (χ0n) is 9.69. The quantitative estimate of drug-likeness (QED) is 0.736. The SMILES string of the molecule is CCC(CO)CNc1ccc2[nH]c(=O)oc2c1. The van der Waals surface area contributed by atoms with Crippen molar-refractivity contribution in [1.82, 2.24) is 4.98 Å². The summed E-state index contributed by atoms with van der Waals surface area (Å²) in [6.45, 7) is 2.91. The van der Waals surface area contributed by atoms with E-state index in [1.54, 1.807) is 12.1 Å². The average Bonchev–Trinajstić information content (AvgIpc) is 2.69. The highest BCUT2D eigenvalue weighted by Crippen LogP contribution is 2.16. The third kappa shape index (κ3) is 2.68. The van der Waals surface area contributed by atoms with Crippen LogP contribution in [-0.4, -0.2) is 23.2 Å². The molecule has 2 aromatic rings. The van der Waals surface area contributed by atoms with Gasteiger partial charge in [-0.25, -0.2) is 4.79 Å². The molecule has 1 unspecified atom stereocenters.